The number of nitriles is 1. The van der Waals surface area contributed by atoms with Gasteiger partial charge < -0.3 is 15.8 Å². The molecule has 2 aliphatic rings. The second kappa shape index (κ2) is 6.09. The summed E-state index contributed by atoms with van der Waals surface area (Å²) in [4.78, 5) is 29.4. The molecule has 1 aromatic heterocycles. The Morgan fingerprint density at radius 1 is 1.52 bits per heavy atom. The number of rotatable bonds is 3. The van der Waals surface area contributed by atoms with Crippen LogP contribution in [-0.4, -0.2) is 29.6 Å². The molecule has 27 heavy (non-hydrogen) atoms. The van der Waals surface area contributed by atoms with E-state index in [-0.39, 0.29) is 47.6 Å². The number of amides is 2. The van der Waals surface area contributed by atoms with E-state index in [4.69, 9.17) is 15.7 Å². The van der Waals surface area contributed by atoms with Crippen molar-refractivity contribution in [3.05, 3.63) is 24.1 Å². The summed E-state index contributed by atoms with van der Waals surface area (Å²) in [5.74, 6) is -1.32. The Kier molecular flexibility index (Phi) is 3.84. The first-order valence-corrected chi connectivity index (χ1v) is 8.45. The Balaban J connectivity index is 1.70. The molecule has 1 aliphatic carbocycles. The fourth-order valence-corrected chi connectivity index (χ4v) is 3.22. The molecule has 0 unspecified atom stereocenters. The number of nitrogens with one attached hydrogen (secondary N) is 1. The molecule has 3 N–H and O–H groups in total. The molecular formula is C18H16FN5O3. The molecule has 2 fully saturated rings. The number of hydrogen-bond donors (Lipinski definition) is 2. The topological polar surface area (TPSA) is 121 Å². The number of carbonyl (C=O) groups excluding carboxylic acids is 2. The van der Waals surface area contributed by atoms with Crippen LogP contribution in [0.2, 0.25) is 0 Å². The van der Waals surface area contributed by atoms with E-state index in [0.717, 1.165) is 0 Å². The van der Waals surface area contributed by atoms with Crippen molar-refractivity contribution >= 4 is 40.0 Å². The molecule has 8 nitrogen and oxygen atoms in total. The maximum absolute atomic E-state index is 14.7. The number of nitrogen functional groups attached to an aromatic ring is 1. The summed E-state index contributed by atoms with van der Waals surface area (Å²) in [6, 6.07) is 4.77. The van der Waals surface area contributed by atoms with Crippen LogP contribution < -0.4 is 16.0 Å². The summed E-state index contributed by atoms with van der Waals surface area (Å²) < 4.78 is 19.7. The number of nitrogens with two attached hydrogens (primary N) is 1. The molecule has 4 rings (SSSR count). The van der Waals surface area contributed by atoms with E-state index < -0.39 is 11.9 Å². The van der Waals surface area contributed by atoms with E-state index in [1.807, 2.05) is 0 Å². The second-order valence-electron chi connectivity index (χ2n) is 6.78. The molecule has 1 aliphatic heterocycles. The van der Waals surface area contributed by atoms with Crippen LogP contribution in [0, 0.1) is 29.0 Å². The number of cyclic esters (lactones) is 1. The summed E-state index contributed by atoms with van der Waals surface area (Å²) >= 11 is 0. The number of carbonyl (C=O) groups is 2. The molecule has 2 aromatic rings. The molecular weight excluding hydrogens is 353 g/mol. The van der Waals surface area contributed by atoms with Gasteiger partial charge in [-0.2, -0.15) is 5.26 Å². The summed E-state index contributed by atoms with van der Waals surface area (Å²) in [6.07, 6.45) is 1.26. The maximum atomic E-state index is 14.7. The molecule has 0 bridgehead atoms. The smallest absolute Gasteiger partial charge is 0.414 e. The number of pyridine rings is 1. The second-order valence-corrected chi connectivity index (χ2v) is 6.78. The van der Waals surface area contributed by atoms with Gasteiger partial charge in [0.2, 0.25) is 5.91 Å². The van der Waals surface area contributed by atoms with Gasteiger partial charge in [0, 0.05) is 11.6 Å². The first-order valence-electron chi connectivity index (χ1n) is 8.45. The molecule has 3 atom stereocenters. The standard InChI is InChI=1S/C18H16FN5O3/c1-8-7-27-18(26)24(8)13-3-9-4-14(22-6-12(9)16(21)15(13)19)23-17(25)11-2-10(11)5-20/h3-4,6,8,10-11H,2,7,21H2,1H3,(H,22,23,25)/t8-,10-,11+/m1/s1. The van der Waals surface area contributed by atoms with Crippen molar-refractivity contribution < 1.29 is 18.7 Å². The van der Waals surface area contributed by atoms with Gasteiger partial charge in [-0.25, -0.2) is 14.2 Å². The van der Waals surface area contributed by atoms with Crippen molar-refractivity contribution in [3.63, 3.8) is 0 Å². The third kappa shape index (κ3) is 2.79. The number of ether oxygens (including phenoxy) is 1. The van der Waals surface area contributed by atoms with Crippen LogP contribution in [-0.2, 0) is 9.53 Å². The van der Waals surface area contributed by atoms with Gasteiger partial charge >= 0.3 is 6.09 Å². The Morgan fingerprint density at radius 3 is 2.93 bits per heavy atom. The number of fused-ring (bicyclic) bond motifs is 1. The summed E-state index contributed by atoms with van der Waals surface area (Å²) in [5, 5.41) is 12.4. The van der Waals surface area contributed by atoms with Gasteiger partial charge in [0.15, 0.2) is 5.82 Å². The van der Waals surface area contributed by atoms with E-state index in [1.54, 1.807) is 13.0 Å². The Labute approximate surface area is 153 Å². The average molecular weight is 369 g/mol. The monoisotopic (exact) mass is 369 g/mol. The first kappa shape index (κ1) is 17.0. The highest BCUT2D eigenvalue weighted by Gasteiger charge is 2.43. The molecule has 1 saturated carbocycles. The zero-order valence-corrected chi connectivity index (χ0v) is 14.4. The van der Waals surface area contributed by atoms with Crippen LogP contribution in [0.5, 0.6) is 0 Å². The van der Waals surface area contributed by atoms with Gasteiger partial charge in [0.05, 0.1) is 35.3 Å². The SMILES string of the molecule is C[C@@H]1COC(=O)N1c1cc2cc(NC(=O)[C@H]3C[C@@H]3C#N)ncc2c(N)c1F. The Morgan fingerprint density at radius 2 is 2.30 bits per heavy atom. The lowest BCUT2D eigenvalue weighted by Crippen LogP contribution is -2.31. The zero-order chi connectivity index (χ0) is 19.3. The first-order chi connectivity index (χ1) is 12.9. The van der Waals surface area contributed by atoms with Gasteiger partial charge in [0.1, 0.15) is 12.4 Å². The highest BCUT2D eigenvalue weighted by Crippen LogP contribution is 2.39. The largest absolute Gasteiger partial charge is 0.447 e. The molecule has 0 spiro atoms. The summed E-state index contributed by atoms with van der Waals surface area (Å²) in [6.45, 7) is 1.90. The summed E-state index contributed by atoms with van der Waals surface area (Å²) in [7, 11) is 0. The van der Waals surface area contributed by atoms with Gasteiger partial charge in [-0.15, -0.1) is 0 Å². The lowest BCUT2D eigenvalue weighted by molar-refractivity contribution is -0.117. The minimum absolute atomic E-state index is 0.0187. The third-order valence-corrected chi connectivity index (χ3v) is 4.87. The lowest BCUT2D eigenvalue weighted by Gasteiger charge is -2.20. The normalized spacial score (nSPS) is 23.8. The van der Waals surface area contributed by atoms with E-state index in [0.29, 0.717) is 17.2 Å². The third-order valence-electron chi connectivity index (χ3n) is 4.87. The van der Waals surface area contributed by atoms with E-state index in [2.05, 4.69) is 16.4 Å². The van der Waals surface area contributed by atoms with Gasteiger partial charge in [-0.05, 0) is 30.9 Å². The van der Waals surface area contributed by atoms with E-state index in [9.17, 15) is 14.0 Å². The van der Waals surface area contributed by atoms with Crippen LogP contribution in [0.3, 0.4) is 0 Å². The maximum Gasteiger partial charge on any atom is 0.414 e. The zero-order valence-electron chi connectivity index (χ0n) is 14.4. The summed E-state index contributed by atoms with van der Waals surface area (Å²) in [5.41, 5.74) is 5.79. The van der Waals surface area contributed by atoms with Gasteiger partial charge in [-0.1, -0.05) is 0 Å². The minimum atomic E-state index is -0.721. The number of halogens is 1. The molecule has 1 aromatic carbocycles. The predicted octanol–water partition coefficient (Wildman–Crippen LogP) is 2.40. The van der Waals surface area contributed by atoms with Crippen LogP contribution in [0.25, 0.3) is 10.8 Å². The molecule has 138 valence electrons. The van der Waals surface area contributed by atoms with E-state index in [1.165, 1.54) is 17.2 Å². The minimum Gasteiger partial charge on any atom is -0.447 e. The molecule has 2 heterocycles. The van der Waals surface area contributed by atoms with Gasteiger partial charge in [0.25, 0.3) is 0 Å². The predicted molar refractivity (Wildman–Crippen MR) is 95.2 cm³/mol. The lowest BCUT2D eigenvalue weighted by atomic mass is 10.1. The van der Waals surface area contributed by atoms with Crippen molar-refractivity contribution in [1.82, 2.24) is 4.98 Å². The van der Waals surface area contributed by atoms with Crippen LogP contribution in [0.15, 0.2) is 18.3 Å². The van der Waals surface area contributed by atoms with Crippen molar-refractivity contribution in [1.29, 1.82) is 5.26 Å². The van der Waals surface area contributed by atoms with Crippen LogP contribution in [0.4, 0.5) is 26.4 Å². The number of benzene rings is 1. The molecule has 9 heteroatoms. The molecule has 1 saturated heterocycles. The Hall–Kier alpha value is -3.41. The fourth-order valence-electron chi connectivity index (χ4n) is 3.22. The number of anilines is 3. The van der Waals surface area contributed by atoms with E-state index >= 15 is 0 Å². The fraction of sp³-hybridized carbons (Fsp3) is 0.333. The number of nitrogens with zero attached hydrogens (tertiary/aromatic N) is 3. The van der Waals surface area contributed by atoms with Crippen LogP contribution >= 0.6 is 0 Å². The van der Waals surface area contributed by atoms with Crippen molar-refractivity contribution in [2.75, 3.05) is 22.6 Å². The number of hydrogen-bond acceptors (Lipinski definition) is 6. The quantitative estimate of drug-likeness (QED) is 0.801. The van der Waals surface area contributed by atoms with Gasteiger partial charge in [-0.3, -0.25) is 9.69 Å². The highest BCUT2D eigenvalue weighted by molar-refractivity contribution is 6.02. The highest BCUT2D eigenvalue weighted by atomic mass is 19.1. The molecule has 2 amide bonds. The van der Waals surface area contributed by atoms with Crippen molar-refractivity contribution in [2.24, 2.45) is 11.8 Å². The van der Waals surface area contributed by atoms with Crippen molar-refractivity contribution in [2.45, 2.75) is 19.4 Å². The van der Waals surface area contributed by atoms with Crippen molar-refractivity contribution in [3.8, 4) is 6.07 Å². The number of aromatic nitrogens is 1. The average Bonchev–Trinajstić information content (AvgIpc) is 3.37. The molecule has 0 radical (unpaired) electrons. The van der Waals surface area contributed by atoms with Crippen LogP contribution in [0.1, 0.15) is 13.3 Å². The Bertz CT molecular complexity index is 1020.